The van der Waals surface area contributed by atoms with Gasteiger partial charge >= 0.3 is 0 Å². The van der Waals surface area contributed by atoms with Crippen LogP contribution < -0.4 is 5.32 Å². The van der Waals surface area contributed by atoms with E-state index in [0.717, 1.165) is 12.1 Å². The maximum atomic E-state index is 12.1. The number of anilines is 1. The molecule has 0 aliphatic rings. The highest BCUT2D eigenvalue weighted by atomic mass is 35.5. The molecule has 0 spiro atoms. The molecule has 0 aliphatic heterocycles. The van der Waals surface area contributed by atoms with Crippen LogP contribution in [-0.2, 0) is 13.5 Å². The van der Waals surface area contributed by atoms with Crippen LogP contribution in [0, 0.1) is 0 Å². The zero-order chi connectivity index (χ0) is 14.0. The molecule has 0 saturated carbocycles. The van der Waals surface area contributed by atoms with Crippen LogP contribution in [0.2, 0.25) is 10.4 Å². The van der Waals surface area contributed by atoms with E-state index in [-0.39, 0.29) is 22.2 Å². The average molecular weight is 300 g/mol. The Bertz CT molecular complexity index is 605. The molecule has 1 N–H and O–H groups in total. The highest BCUT2D eigenvalue weighted by molar-refractivity contribution is 6.32. The molecule has 100 valence electrons. The summed E-state index contributed by atoms with van der Waals surface area (Å²) in [6.45, 7) is 1.97. The Morgan fingerprint density at radius 2 is 2.11 bits per heavy atom. The lowest BCUT2D eigenvalue weighted by molar-refractivity contribution is 0.101. The number of rotatable bonds is 3. The highest BCUT2D eigenvalue weighted by Gasteiger charge is 2.14. The first-order valence-electron chi connectivity index (χ1n) is 5.54. The number of nitrogens with zero attached hydrogens (tertiary/aromatic N) is 4. The van der Waals surface area contributed by atoms with Gasteiger partial charge in [-0.15, -0.1) is 0 Å². The first kappa shape index (κ1) is 13.8. The molecule has 0 fully saturated rings. The van der Waals surface area contributed by atoms with E-state index in [4.69, 9.17) is 23.2 Å². The largest absolute Gasteiger partial charge is 0.305 e. The second-order valence-electron chi connectivity index (χ2n) is 3.80. The van der Waals surface area contributed by atoms with Crippen LogP contribution in [0.1, 0.15) is 23.1 Å². The molecule has 2 aromatic rings. The summed E-state index contributed by atoms with van der Waals surface area (Å²) in [5.74, 6) is -0.0882. The predicted octanol–water partition coefficient (Wildman–Crippen LogP) is 2.33. The molecule has 0 saturated heterocycles. The molecular weight excluding hydrogens is 289 g/mol. The number of halogens is 2. The first-order valence-corrected chi connectivity index (χ1v) is 6.29. The van der Waals surface area contributed by atoms with Crippen LogP contribution in [-0.4, -0.2) is 25.7 Å². The Morgan fingerprint density at radius 1 is 1.37 bits per heavy atom. The van der Waals surface area contributed by atoms with Gasteiger partial charge in [-0.3, -0.25) is 9.48 Å². The third kappa shape index (κ3) is 3.21. The fourth-order valence-electron chi connectivity index (χ4n) is 1.55. The minimum atomic E-state index is -0.333. The fraction of sp³-hybridized carbons (Fsp3) is 0.273. The molecule has 0 radical (unpaired) electrons. The summed E-state index contributed by atoms with van der Waals surface area (Å²) >= 11 is 11.4. The maximum Gasteiger partial charge on any atom is 0.275 e. The summed E-state index contributed by atoms with van der Waals surface area (Å²) in [4.78, 5) is 19.6. The van der Waals surface area contributed by atoms with Crippen molar-refractivity contribution in [2.45, 2.75) is 13.3 Å². The van der Waals surface area contributed by atoms with Gasteiger partial charge in [-0.2, -0.15) is 5.10 Å². The van der Waals surface area contributed by atoms with Gasteiger partial charge in [0.15, 0.2) is 0 Å². The first-order chi connectivity index (χ1) is 8.99. The van der Waals surface area contributed by atoms with Crippen LogP contribution in [0.4, 0.5) is 5.82 Å². The number of hydrogen-bond donors (Lipinski definition) is 1. The number of aromatic nitrogens is 4. The highest BCUT2D eigenvalue weighted by Crippen LogP contribution is 2.15. The van der Waals surface area contributed by atoms with Crippen molar-refractivity contribution in [1.29, 1.82) is 0 Å². The average Bonchev–Trinajstić information content (AvgIpc) is 2.69. The molecule has 8 heteroatoms. The second kappa shape index (κ2) is 5.54. The van der Waals surface area contributed by atoms with Crippen molar-refractivity contribution in [3.8, 4) is 0 Å². The van der Waals surface area contributed by atoms with Gasteiger partial charge in [0.1, 0.15) is 16.7 Å². The van der Waals surface area contributed by atoms with Crippen molar-refractivity contribution in [1.82, 2.24) is 19.7 Å². The van der Waals surface area contributed by atoms with Gasteiger partial charge in [0, 0.05) is 13.1 Å². The van der Waals surface area contributed by atoms with Gasteiger partial charge in [-0.25, -0.2) is 9.97 Å². The molecule has 19 heavy (non-hydrogen) atoms. The summed E-state index contributed by atoms with van der Waals surface area (Å²) in [6, 6.07) is 3.14. The number of hydrogen-bond acceptors (Lipinski definition) is 4. The number of carbonyl (C=O) groups excluding carboxylic acids is 1. The van der Waals surface area contributed by atoms with E-state index in [9.17, 15) is 4.79 Å². The molecule has 1 amide bonds. The summed E-state index contributed by atoms with van der Waals surface area (Å²) in [6.07, 6.45) is 0.756. The van der Waals surface area contributed by atoms with E-state index in [1.54, 1.807) is 13.1 Å². The lowest BCUT2D eigenvalue weighted by Gasteiger charge is -2.04. The van der Waals surface area contributed by atoms with Crippen molar-refractivity contribution >= 4 is 34.9 Å². The molecule has 0 unspecified atom stereocenters. The lowest BCUT2D eigenvalue weighted by atomic mass is 10.3. The Balaban J connectivity index is 2.22. The topological polar surface area (TPSA) is 72.7 Å². The van der Waals surface area contributed by atoms with Crippen molar-refractivity contribution < 1.29 is 4.79 Å². The van der Waals surface area contributed by atoms with Crippen LogP contribution in [0.3, 0.4) is 0 Å². The van der Waals surface area contributed by atoms with E-state index in [1.165, 1.54) is 10.7 Å². The van der Waals surface area contributed by atoms with Crippen molar-refractivity contribution in [2.24, 2.45) is 7.05 Å². The Labute approximate surface area is 119 Å². The molecule has 0 atom stereocenters. The summed E-state index contributed by atoms with van der Waals surface area (Å²) in [5.41, 5.74) is 1.27. The molecule has 0 aliphatic carbocycles. The quantitative estimate of drug-likeness (QED) is 0.697. The fourth-order valence-corrected chi connectivity index (χ4v) is 1.95. The van der Waals surface area contributed by atoms with Gasteiger partial charge in [-0.1, -0.05) is 18.5 Å². The van der Waals surface area contributed by atoms with Crippen molar-refractivity contribution in [2.75, 3.05) is 5.32 Å². The molecule has 0 aromatic carbocycles. The van der Waals surface area contributed by atoms with Gasteiger partial charge in [0.25, 0.3) is 5.91 Å². The number of carbonyl (C=O) groups is 1. The van der Waals surface area contributed by atoms with Crippen molar-refractivity contribution in [3.05, 3.63) is 34.0 Å². The summed E-state index contributed by atoms with van der Waals surface area (Å²) in [7, 11) is 1.70. The molecule has 2 rings (SSSR count). The Hall–Kier alpha value is -1.66. The molecule has 0 bridgehead atoms. The second-order valence-corrected chi connectivity index (χ2v) is 4.52. The zero-order valence-electron chi connectivity index (χ0n) is 10.3. The van der Waals surface area contributed by atoms with Gasteiger partial charge in [0.05, 0.1) is 5.69 Å². The van der Waals surface area contributed by atoms with Crippen LogP contribution in [0.15, 0.2) is 12.1 Å². The molecular formula is C11H11Cl2N5O. The van der Waals surface area contributed by atoms with E-state index in [1.807, 2.05) is 6.92 Å². The molecule has 6 nitrogen and oxygen atoms in total. The number of aryl methyl sites for hydroxylation is 2. The minimum absolute atomic E-state index is 0.0259. The third-order valence-corrected chi connectivity index (χ3v) is 2.80. The van der Waals surface area contributed by atoms with E-state index >= 15 is 0 Å². The smallest absolute Gasteiger partial charge is 0.275 e. The zero-order valence-corrected chi connectivity index (χ0v) is 11.8. The molecule has 2 aromatic heterocycles. The summed E-state index contributed by atoms with van der Waals surface area (Å²) in [5, 5.41) is 6.93. The van der Waals surface area contributed by atoms with Crippen molar-refractivity contribution in [3.63, 3.8) is 0 Å². The van der Waals surface area contributed by atoms with E-state index < -0.39 is 0 Å². The van der Waals surface area contributed by atoms with Crippen LogP contribution >= 0.6 is 23.2 Å². The standard InChI is InChI=1S/C11H11Cl2N5O/c1-3-6-4-7(18(2)17-6)10(19)15-9-5-8(12)14-11(13)16-9/h4-5H,3H2,1-2H3,(H,14,15,16,19). The Kier molecular flexibility index (Phi) is 4.01. The lowest BCUT2D eigenvalue weighted by Crippen LogP contribution is -2.17. The normalized spacial score (nSPS) is 10.5. The SMILES string of the molecule is CCc1cc(C(=O)Nc2cc(Cl)nc(Cl)n2)n(C)n1. The third-order valence-electron chi connectivity index (χ3n) is 2.43. The summed E-state index contributed by atoms with van der Waals surface area (Å²) < 4.78 is 1.51. The number of amides is 1. The van der Waals surface area contributed by atoms with E-state index in [0.29, 0.717) is 5.69 Å². The molecule has 2 heterocycles. The van der Waals surface area contributed by atoms with Crippen LogP contribution in [0.25, 0.3) is 0 Å². The Morgan fingerprint density at radius 3 is 2.68 bits per heavy atom. The number of nitrogens with one attached hydrogen (secondary N) is 1. The van der Waals surface area contributed by atoms with E-state index in [2.05, 4.69) is 20.4 Å². The van der Waals surface area contributed by atoms with Crippen LogP contribution in [0.5, 0.6) is 0 Å². The monoisotopic (exact) mass is 299 g/mol. The van der Waals surface area contributed by atoms with Gasteiger partial charge in [0.2, 0.25) is 5.28 Å². The van der Waals surface area contributed by atoms with Gasteiger partial charge in [-0.05, 0) is 24.1 Å². The predicted molar refractivity (Wildman–Crippen MR) is 72.6 cm³/mol. The minimum Gasteiger partial charge on any atom is -0.305 e. The maximum absolute atomic E-state index is 12.1. The van der Waals surface area contributed by atoms with Gasteiger partial charge < -0.3 is 5.32 Å².